The van der Waals surface area contributed by atoms with Crippen LogP contribution in [0.3, 0.4) is 0 Å². The Morgan fingerprint density at radius 3 is 2.48 bits per heavy atom. The van der Waals surface area contributed by atoms with Gasteiger partial charge in [-0.3, -0.25) is 4.79 Å². The first-order chi connectivity index (χ1) is 10.8. The molecule has 2 amide bonds. The molecule has 1 N–H and O–H groups in total. The molecule has 1 aliphatic rings. The Hall–Kier alpha value is -1.30. The van der Waals surface area contributed by atoms with Crippen LogP contribution in [0.2, 0.25) is 0 Å². The lowest BCUT2D eigenvalue weighted by molar-refractivity contribution is -0.120. The van der Waals surface area contributed by atoms with E-state index >= 15 is 0 Å². The van der Waals surface area contributed by atoms with Crippen molar-refractivity contribution in [2.45, 2.75) is 59.0 Å². The van der Waals surface area contributed by atoms with Gasteiger partial charge in [0.1, 0.15) is 5.60 Å². The first kappa shape index (κ1) is 19.7. The topological polar surface area (TPSA) is 61.9 Å². The van der Waals surface area contributed by atoms with Crippen molar-refractivity contribution in [2.24, 2.45) is 0 Å². The fourth-order valence-corrected chi connectivity index (χ4v) is 2.52. The summed E-state index contributed by atoms with van der Waals surface area (Å²) in [6.07, 6.45) is 3.38. The average Bonchev–Trinajstić information content (AvgIpc) is 2.70. The third-order valence-corrected chi connectivity index (χ3v) is 3.78. The van der Waals surface area contributed by atoms with Gasteiger partial charge in [0.2, 0.25) is 5.91 Å². The van der Waals surface area contributed by atoms with Crippen LogP contribution < -0.4 is 5.32 Å². The van der Waals surface area contributed by atoms with Gasteiger partial charge in [-0.05, 0) is 53.1 Å². The maximum Gasteiger partial charge on any atom is 0.410 e. The maximum atomic E-state index is 12.1. The number of rotatable bonds is 6. The lowest BCUT2D eigenvalue weighted by atomic mass is 10.2. The van der Waals surface area contributed by atoms with E-state index in [1.54, 1.807) is 0 Å². The molecule has 0 aromatic heterocycles. The Morgan fingerprint density at radius 1 is 1.09 bits per heavy atom. The first-order valence-corrected chi connectivity index (χ1v) is 8.79. The molecular weight excluding hydrogens is 294 g/mol. The highest BCUT2D eigenvalue weighted by Gasteiger charge is 2.24. The molecule has 0 spiro atoms. The molecule has 1 aliphatic heterocycles. The molecule has 0 aromatic carbocycles. The van der Waals surface area contributed by atoms with Crippen LogP contribution >= 0.6 is 0 Å². The van der Waals surface area contributed by atoms with E-state index in [-0.39, 0.29) is 12.0 Å². The first-order valence-electron chi connectivity index (χ1n) is 8.79. The Labute approximate surface area is 140 Å². The molecule has 1 heterocycles. The monoisotopic (exact) mass is 327 g/mol. The summed E-state index contributed by atoms with van der Waals surface area (Å²) in [5, 5.41) is 2.90. The molecule has 0 aliphatic carbocycles. The van der Waals surface area contributed by atoms with E-state index in [4.69, 9.17) is 4.74 Å². The summed E-state index contributed by atoms with van der Waals surface area (Å²) in [6.45, 7) is 12.7. The zero-order valence-corrected chi connectivity index (χ0v) is 15.2. The lowest BCUT2D eigenvalue weighted by Gasteiger charge is -2.26. The van der Waals surface area contributed by atoms with Gasteiger partial charge in [0.15, 0.2) is 0 Å². The van der Waals surface area contributed by atoms with E-state index in [1.165, 1.54) is 0 Å². The highest BCUT2D eigenvalue weighted by molar-refractivity contribution is 5.75. The molecule has 1 fully saturated rings. The second kappa shape index (κ2) is 9.75. The number of nitrogens with one attached hydrogen (secondary N) is 1. The minimum Gasteiger partial charge on any atom is -0.444 e. The molecule has 1 saturated heterocycles. The molecule has 0 atom stereocenters. The molecule has 0 unspecified atom stereocenters. The number of hydrogen-bond acceptors (Lipinski definition) is 4. The van der Waals surface area contributed by atoms with Crippen LogP contribution in [-0.2, 0) is 9.53 Å². The molecule has 6 heteroatoms. The van der Waals surface area contributed by atoms with Gasteiger partial charge in [-0.2, -0.15) is 0 Å². The summed E-state index contributed by atoms with van der Waals surface area (Å²) < 4.78 is 5.44. The van der Waals surface area contributed by atoms with E-state index < -0.39 is 5.60 Å². The molecule has 23 heavy (non-hydrogen) atoms. The van der Waals surface area contributed by atoms with Gasteiger partial charge in [-0.1, -0.05) is 6.92 Å². The van der Waals surface area contributed by atoms with Crippen LogP contribution in [0.5, 0.6) is 0 Å². The summed E-state index contributed by atoms with van der Waals surface area (Å²) in [5.74, 6) is 0.118. The molecule has 0 aromatic rings. The zero-order valence-electron chi connectivity index (χ0n) is 15.2. The van der Waals surface area contributed by atoms with Crippen molar-refractivity contribution in [3.05, 3.63) is 0 Å². The number of nitrogens with zero attached hydrogens (tertiary/aromatic N) is 2. The third-order valence-electron chi connectivity index (χ3n) is 3.78. The number of ether oxygens (including phenoxy) is 1. The second-order valence-corrected chi connectivity index (χ2v) is 7.07. The molecular formula is C17H33N3O3. The fraction of sp³-hybridized carbons (Fsp3) is 0.882. The minimum atomic E-state index is -0.438. The normalized spacial score (nSPS) is 16.8. The van der Waals surface area contributed by atoms with Crippen LogP contribution in [0.1, 0.15) is 53.4 Å². The van der Waals surface area contributed by atoms with Crippen molar-refractivity contribution in [2.75, 3.05) is 39.3 Å². The lowest BCUT2D eigenvalue weighted by Crippen LogP contribution is -2.39. The van der Waals surface area contributed by atoms with E-state index in [1.807, 2.05) is 32.6 Å². The number of amides is 2. The summed E-state index contributed by atoms with van der Waals surface area (Å²) in [6, 6.07) is 0. The van der Waals surface area contributed by atoms with Crippen molar-refractivity contribution in [1.82, 2.24) is 15.1 Å². The third kappa shape index (κ3) is 8.79. The second-order valence-electron chi connectivity index (χ2n) is 7.07. The minimum absolute atomic E-state index is 0.118. The predicted molar refractivity (Wildman–Crippen MR) is 91.4 cm³/mol. The smallest absolute Gasteiger partial charge is 0.410 e. The van der Waals surface area contributed by atoms with Crippen molar-refractivity contribution in [3.63, 3.8) is 0 Å². The zero-order chi connectivity index (χ0) is 17.3. The van der Waals surface area contributed by atoms with Crippen molar-refractivity contribution in [1.29, 1.82) is 0 Å². The van der Waals surface area contributed by atoms with Crippen molar-refractivity contribution in [3.8, 4) is 0 Å². The molecule has 134 valence electrons. The largest absolute Gasteiger partial charge is 0.444 e. The molecule has 6 nitrogen and oxygen atoms in total. The van der Waals surface area contributed by atoms with E-state index in [0.717, 1.165) is 58.5 Å². The molecule has 0 radical (unpaired) electrons. The fourth-order valence-electron chi connectivity index (χ4n) is 2.52. The van der Waals surface area contributed by atoms with Crippen LogP contribution in [-0.4, -0.2) is 66.7 Å². The number of carbonyl (C=O) groups excluding carboxylic acids is 2. The Bertz CT molecular complexity index is 380. The quantitative estimate of drug-likeness (QED) is 0.760. The summed E-state index contributed by atoms with van der Waals surface area (Å²) in [4.78, 5) is 27.5. The Balaban J connectivity index is 2.22. The van der Waals surface area contributed by atoms with Gasteiger partial charge in [-0.25, -0.2) is 4.79 Å². The predicted octanol–water partition coefficient (Wildman–Crippen LogP) is 2.24. The average molecular weight is 327 g/mol. The van der Waals surface area contributed by atoms with Crippen molar-refractivity contribution < 1.29 is 14.3 Å². The van der Waals surface area contributed by atoms with Gasteiger partial charge >= 0.3 is 6.09 Å². The van der Waals surface area contributed by atoms with Gasteiger partial charge in [0, 0.05) is 32.6 Å². The summed E-state index contributed by atoms with van der Waals surface area (Å²) >= 11 is 0. The molecule has 0 saturated carbocycles. The summed E-state index contributed by atoms with van der Waals surface area (Å²) in [5.41, 5.74) is -0.438. The highest BCUT2D eigenvalue weighted by atomic mass is 16.6. The molecule has 0 bridgehead atoms. The summed E-state index contributed by atoms with van der Waals surface area (Å²) in [7, 11) is 0. The molecule has 1 rings (SSSR count). The Morgan fingerprint density at radius 2 is 1.83 bits per heavy atom. The van der Waals surface area contributed by atoms with E-state index in [0.29, 0.717) is 6.42 Å². The van der Waals surface area contributed by atoms with Crippen LogP contribution in [0.25, 0.3) is 0 Å². The van der Waals surface area contributed by atoms with Crippen molar-refractivity contribution >= 4 is 12.0 Å². The number of hydrogen-bond donors (Lipinski definition) is 1. The van der Waals surface area contributed by atoms with Gasteiger partial charge in [0.05, 0.1) is 0 Å². The van der Waals surface area contributed by atoms with Gasteiger partial charge in [-0.15, -0.1) is 0 Å². The maximum absolute atomic E-state index is 12.1. The number of carbonyl (C=O) groups is 2. The van der Waals surface area contributed by atoms with Gasteiger partial charge in [0.25, 0.3) is 0 Å². The Kier molecular flexibility index (Phi) is 8.37. The van der Waals surface area contributed by atoms with Crippen LogP contribution in [0, 0.1) is 0 Å². The SMILES string of the molecule is CCC(=O)NCCCCN1CCCN(C(=O)OC(C)(C)C)CC1. The van der Waals surface area contributed by atoms with E-state index in [2.05, 4.69) is 10.2 Å². The van der Waals surface area contributed by atoms with Gasteiger partial charge < -0.3 is 19.9 Å². The van der Waals surface area contributed by atoms with Crippen LogP contribution in [0.4, 0.5) is 4.79 Å². The number of unbranched alkanes of at least 4 members (excludes halogenated alkanes) is 1. The van der Waals surface area contributed by atoms with Crippen LogP contribution in [0.15, 0.2) is 0 Å². The standard InChI is InChI=1S/C17H33N3O3/c1-5-15(21)18-9-6-7-10-19-11-8-12-20(14-13-19)16(22)23-17(2,3)4/h5-14H2,1-4H3,(H,18,21). The highest BCUT2D eigenvalue weighted by Crippen LogP contribution is 2.12. The van der Waals surface area contributed by atoms with E-state index in [9.17, 15) is 9.59 Å².